The predicted molar refractivity (Wildman–Crippen MR) is 94.5 cm³/mol. The molecular formula is C19H20N2O4. The average Bonchev–Trinajstić information content (AvgIpc) is 2.76. The van der Waals surface area contributed by atoms with Gasteiger partial charge < -0.3 is 14.6 Å². The summed E-state index contributed by atoms with van der Waals surface area (Å²) in [5.74, 6) is 0.606. The Morgan fingerprint density at radius 2 is 1.80 bits per heavy atom. The van der Waals surface area contributed by atoms with Crippen molar-refractivity contribution in [1.29, 1.82) is 0 Å². The lowest BCUT2D eigenvalue weighted by molar-refractivity contribution is -0.122. The number of phenols is 1. The van der Waals surface area contributed by atoms with Gasteiger partial charge in [-0.25, -0.2) is 5.43 Å². The van der Waals surface area contributed by atoms with Gasteiger partial charge in [0.25, 0.3) is 0 Å². The smallest absolute Gasteiger partial charge is 0.247 e. The Morgan fingerprint density at radius 3 is 2.44 bits per heavy atom. The third-order valence-electron chi connectivity index (χ3n) is 4.35. The van der Waals surface area contributed by atoms with Crippen molar-refractivity contribution < 1.29 is 19.4 Å². The molecule has 2 N–H and O–H groups in total. The minimum absolute atomic E-state index is 0.0891. The van der Waals surface area contributed by atoms with E-state index in [1.54, 1.807) is 38.5 Å². The Labute approximate surface area is 146 Å². The molecule has 1 atom stereocenters. The summed E-state index contributed by atoms with van der Waals surface area (Å²) in [7, 11) is 3.11. The molecule has 6 nitrogen and oxygen atoms in total. The topological polar surface area (TPSA) is 80.2 Å². The molecule has 0 radical (unpaired) electrons. The average molecular weight is 340 g/mol. The largest absolute Gasteiger partial charge is 0.507 e. The van der Waals surface area contributed by atoms with E-state index in [9.17, 15) is 9.90 Å². The lowest BCUT2D eigenvalue weighted by Gasteiger charge is -2.18. The van der Waals surface area contributed by atoms with E-state index in [1.165, 1.54) is 0 Å². The Morgan fingerprint density at radius 1 is 1.12 bits per heavy atom. The zero-order valence-corrected chi connectivity index (χ0v) is 14.4. The maximum atomic E-state index is 12.5. The van der Waals surface area contributed by atoms with Crippen molar-refractivity contribution in [2.75, 3.05) is 14.2 Å². The number of carbonyl (C=O) groups excluding carboxylic acids is 1. The van der Waals surface area contributed by atoms with Crippen LogP contribution in [0.2, 0.25) is 0 Å². The number of para-hydroxylation sites is 1. The number of carbonyl (C=O) groups is 1. The van der Waals surface area contributed by atoms with E-state index in [0.29, 0.717) is 29.2 Å². The molecule has 0 aliphatic carbocycles. The van der Waals surface area contributed by atoms with Crippen molar-refractivity contribution in [1.82, 2.24) is 5.43 Å². The number of hydrogen-bond acceptors (Lipinski definition) is 5. The normalized spacial score (nSPS) is 16.4. The van der Waals surface area contributed by atoms with E-state index in [2.05, 4.69) is 10.5 Å². The second kappa shape index (κ2) is 6.84. The van der Waals surface area contributed by atoms with Crippen LogP contribution >= 0.6 is 0 Å². The van der Waals surface area contributed by atoms with Crippen molar-refractivity contribution in [3.05, 3.63) is 53.1 Å². The van der Waals surface area contributed by atoms with Gasteiger partial charge in [0.05, 0.1) is 20.1 Å². The number of fused-ring (bicyclic) bond motifs is 1. The van der Waals surface area contributed by atoms with E-state index in [0.717, 1.165) is 11.1 Å². The van der Waals surface area contributed by atoms with E-state index < -0.39 is 0 Å². The molecule has 0 spiro atoms. The first kappa shape index (κ1) is 16.8. The number of hydrazone groups is 1. The fraction of sp³-hybridized carbons (Fsp3) is 0.263. The van der Waals surface area contributed by atoms with Crippen LogP contribution in [-0.4, -0.2) is 30.9 Å². The van der Waals surface area contributed by atoms with Crippen molar-refractivity contribution >= 4 is 11.6 Å². The first-order valence-corrected chi connectivity index (χ1v) is 8.02. The molecule has 3 rings (SSSR count). The number of nitrogens with one attached hydrogen (secondary N) is 1. The maximum Gasteiger partial charge on any atom is 0.247 e. The molecular weight excluding hydrogens is 320 g/mol. The molecule has 6 heteroatoms. The SMILES string of the molecule is CC[C@H]1C(=O)NN=C(c2ccccc2O)c2cc(OC)c(OC)cc21. The number of hydrogen-bond donors (Lipinski definition) is 2. The highest BCUT2D eigenvalue weighted by atomic mass is 16.5. The third-order valence-corrected chi connectivity index (χ3v) is 4.35. The minimum atomic E-state index is -0.373. The molecule has 0 fully saturated rings. The molecule has 0 saturated carbocycles. The highest BCUT2D eigenvalue weighted by Gasteiger charge is 2.29. The highest BCUT2D eigenvalue weighted by Crippen LogP contribution is 2.38. The number of methoxy groups -OCH3 is 2. The molecule has 1 aliphatic heterocycles. The molecule has 1 heterocycles. The van der Waals surface area contributed by atoms with Crippen molar-refractivity contribution in [2.45, 2.75) is 19.3 Å². The summed E-state index contributed by atoms with van der Waals surface area (Å²) in [6.45, 7) is 1.94. The Hall–Kier alpha value is -3.02. The Bertz CT molecular complexity index is 845. The summed E-state index contributed by atoms with van der Waals surface area (Å²) in [5, 5.41) is 14.5. The number of rotatable bonds is 4. The van der Waals surface area contributed by atoms with E-state index in [-0.39, 0.29) is 17.6 Å². The predicted octanol–water partition coefficient (Wildman–Crippen LogP) is 2.79. The zero-order valence-electron chi connectivity index (χ0n) is 14.4. The molecule has 2 aromatic rings. The summed E-state index contributed by atoms with van der Waals surface area (Å²) < 4.78 is 10.8. The van der Waals surface area contributed by atoms with Gasteiger partial charge in [0.1, 0.15) is 11.5 Å². The third kappa shape index (κ3) is 2.91. The maximum absolute atomic E-state index is 12.5. The monoisotopic (exact) mass is 340 g/mol. The standard InChI is InChI=1S/C19H20N2O4/c1-4-11-13-9-16(24-2)17(25-3)10-14(13)18(20-21-19(11)23)12-7-5-6-8-15(12)22/h5-11,22H,4H2,1-3H3,(H,21,23)/t11-/m1/s1. The second-order valence-electron chi connectivity index (χ2n) is 5.71. The first-order valence-electron chi connectivity index (χ1n) is 8.02. The summed E-state index contributed by atoms with van der Waals surface area (Å²) in [5.41, 5.74) is 5.13. The molecule has 2 aromatic carbocycles. The number of phenolic OH excluding ortho intramolecular Hbond substituents is 1. The summed E-state index contributed by atoms with van der Waals surface area (Å²) >= 11 is 0. The molecule has 25 heavy (non-hydrogen) atoms. The van der Waals surface area contributed by atoms with E-state index >= 15 is 0 Å². The number of benzene rings is 2. The Kier molecular flexibility index (Phi) is 4.61. The van der Waals surface area contributed by atoms with Crippen LogP contribution in [0.1, 0.15) is 36.0 Å². The van der Waals surface area contributed by atoms with Crippen LogP contribution in [0.4, 0.5) is 0 Å². The lowest BCUT2D eigenvalue weighted by Crippen LogP contribution is -2.23. The van der Waals surface area contributed by atoms with Crippen LogP contribution in [0, 0.1) is 0 Å². The quantitative estimate of drug-likeness (QED) is 0.897. The van der Waals surface area contributed by atoms with Crippen LogP contribution in [0.5, 0.6) is 17.2 Å². The molecule has 1 aliphatic rings. The molecule has 1 amide bonds. The van der Waals surface area contributed by atoms with Crippen LogP contribution in [0.3, 0.4) is 0 Å². The van der Waals surface area contributed by atoms with Crippen molar-refractivity contribution in [3.63, 3.8) is 0 Å². The molecule has 0 unspecified atom stereocenters. The van der Waals surface area contributed by atoms with Crippen LogP contribution < -0.4 is 14.9 Å². The van der Waals surface area contributed by atoms with Gasteiger partial charge in [-0.15, -0.1) is 0 Å². The zero-order chi connectivity index (χ0) is 18.0. The molecule has 0 bridgehead atoms. The highest BCUT2D eigenvalue weighted by molar-refractivity contribution is 6.17. The van der Waals surface area contributed by atoms with E-state index in [4.69, 9.17) is 9.47 Å². The lowest BCUT2D eigenvalue weighted by atomic mass is 9.87. The fourth-order valence-electron chi connectivity index (χ4n) is 3.06. The van der Waals surface area contributed by atoms with Gasteiger partial charge in [-0.3, -0.25) is 4.79 Å². The van der Waals surface area contributed by atoms with Gasteiger partial charge in [-0.1, -0.05) is 19.1 Å². The molecule has 0 saturated heterocycles. The minimum Gasteiger partial charge on any atom is -0.507 e. The summed E-state index contributed by atoms with van der Waals surface area (Å²) in [6, 6.07) is 10.5. The summed E-state index contributed by atoms with van der Waals surface area (Å²) in [6.07, 6.45) is 0.609. The number of ether oxygens (including phenoxy) is 2. The number of amides is 1. The van der Waals surface area contributed by atoms with Gasteiger partial charge in [-0.05, 0) is 36.2 Å². The summed E-state index contributed by atoms with van der Waals surface area (Å²) in [4.78, 5) is 12.5. The molecule has 0 aromatic heterocycles. The van der Waals surface area contributed by atoms with Crippen molar-refractivity contribution in [2.24, 2.45) is 5.10 Å². The second-order valence-corrected chi connectivity index (χ2v) is 5.71. The number of nitrogens with zero attached hydrogens (tertiary/aromatic N) is 1. The number of aromatic hydroxyl groups is 1. The van der Waals surface area contributed by atoms with Gasteiger partial charge in [0.15, 0.2) is 11.5 Å². The van der Waals surface area contributed by atoms with Gasteiger partial charge in [0, 0.05) is 11.1 Å². The van der Waals surface area contributed by atoms with Gasteiger partial charge >= 0.3 is 0 Å². The van der Waals surface area contributed by atoms with Gasteiger partial charge in [0.2, 0.25) is 5.91 Å². The van der Waals surface area contributed by atoms with Gasteiger partial charge in [-0.2, -0.15) is 5.10 Å². The van der Waals surface area contributed by atoms with Crippen LogP contribution in [0.25, 0.3) is 0 Å². The van der Waals surface area contributed by atoms with Crippen LogP contribution in [0.15, 0.2) is 41.5 Å². The first-order chi connectivity index (χ1) is 12.1. The van der Waals surface area contributed by atoms with Crippen molar-refractivity contribution in [3.8, 4) is 17.2 Å². The Balaban J connectivity index is 2.29. The molecule has 130 valence electrons. The van der Waals surface area contributed by atoms with E-state index in [1.807, 2.05) is 19.1 Å². The van der Waals surface area contributed by atoms with Crippen LogP contribution in [-0.2, 0) is 4.79 Å². The fourth-order valence-corrected chi connectivity index (χ4v) is 3.06.